The molecule has 12 heteroatoms. The van der Waals surface area contributed by atoms with E-state index in [1.807, 2.05) is 55.5 Å². The molecular formula is C32H34Cl2N4O5S. The minimum atomic E-state index is -3.57. The van der Waals surface area contributed by atoms with Crippen molar-refractivity contribution in [2.24, 2.45) is 7.05 Å². The molecule has 0 saturated heterocycles. The smallest absolute Gasteiger partial charge is 0.352 e. The number of hydrogen-bond acceptors (Lipinski definition) is 5. The Kier molecular flexibility index (Phi) is 9.55. The predicted molar refractivity (Wildman–Crippen MR) is 176 cm³/mol. The fourth-order valence-corrected chi connectivity index (χ4v) is 7.23. The molecule has 0 spiro atoms. The first-order valence-corrected chi connectivity index (χ1v) is 16.8. The maximum atomic E-state index is 12.8. The molecule has 2 aromatic heterocycles. The monoisotopic (exact) mass is 656 g/mol. The number of halogens is 2. The van der Waals surface area contributed by atoms with Gasteiger partial charge in [0.2, 0.25) is 10.0 Å². The third-order valence-corrected chi connectivity index (χ3v) is 10.3. The predicted octanol–water partition coefficient (Wildman–Crippen LogP) is 6.78. The van der Waals surface area contributed by atoms with Crippen molar-refractivity contribution < 1.29 is 23.1 Å². The van der Waals surface area contributed by atoms with E-state index in [2.05, 4.69) is 10.1 Å². The van der Waals surface area contributed by atoms with E-state index in [4.69, 9.17) is 27.9 Å². The summed E-state index contributed by atoms with van der Waals surface area (Å²) in [7, 11) is -0.282. The van der Waals surface area contributed by atoms with Gasteiger partial charge >= 0.3 is 5.97 Å². The number of fused-ring (bicyclic) bond motifs is 2. The van der Waals surface area contributed by atoms with Crippen LogP contribution in [0.15, 0.2) is 54.6 Å². The Labute approximate surface area is 266 Å². The molecule has 0 bridgehead atoms. The summed E-state index contributed by atoms with van der Waals surface area (Å²) in [5.41, 5.74) is 3.80. The average molecular weight is 658 g/mol. The van der Waals surface area contributed by atoms with Crippen LogP contribution in [-0.2, 0) is 30.0 Å². The first-order valence-electron chi connectivity index (χ1n) is 14.2. The van der Waals surface area contributed by atoms with Gasteiger partial charge < -0.3 is 14.8 Å². The van der Waals surface area contributed by atoms with Crippen LogP contribution in [0.25, 0.3) is 32.8 Å². The molecule has 44 heavy (non-hydrogen) atoms. The summed E-state index contributed by atoms with van der Waals surface area (Å²) in [5.74, 6) is -0.128. The van der Waals surface area contributed by atoms with Crippen molar-refractivity contribution in [3.63, 3.8) is 0 Å². The summed E-state index contributed by atoms with van der Waals surface area (Å²) in [5, 5.41) is 18.0. The molecule has 232 valence electrons. The number of hydrogen-bond donors (Lipinski definition) is 2. The van der Waals surface area contributed by atoms with Gasteiger partial charge in [-0.25, -0.2) is 13.2 Å². The standard InChI is InChI=1S/C32H34Cl2N4O5S/c1-20-28(26(36-38(20)3)19-37(2)44(41,42)18-8-16-33)29-25(34)15-14-24-23(31(32(39)40)35-30(24)29)12-7-17-43-27-13-6-10-21-9-4-5-11-22(21)27/h4-6,9-11,13-15,35H,7-8,12,16-19H2,1-3H3,(H,39,40). The van der Waals surface area contributed by atoms with Gasteiger partial charge in [-0.2, -0.15) is 9.40 Å². The lowest BCUT2D eigenvalue weighted by Gasteiger charge is -2.17. The Balaban J connectivity index is 1.48. The van der Waals surface area contributed by atoms with E-state index in [-0.39, 0.29) is 23.9 Å². The number of H-pyrrole nitrogens is 1. The normalized spacial score (nSPS) is 12.0. The Morgan fingerprint density at radius 2 is 1.82 bits per heavy atom. The number of sulfonamides is 1. The topological polar surface area (TPSA) is 118 Å². The third-order valence-electron chi connectivity index (χ3n) is 7.86. The summed E-state index contributed by atoms with van der Waals surface area (Å²) < 4.78 is 34.7. The van der Waals surface area contributed by atoms with Gasteiger partial charge in [-0.05, 0) is 49.3 Å². The van der Waals surface area contributed by atoms with Crippen LogP contribution in [-0.4, -0.2) is 63.9 Å². The van der Waals surface area contributed by atoms with Gasteiger partial charge in [0.15, 0.2) is 0 Å². The van der Waals surface area contributed by atoms with Crippen molar-refractivity contribution in [1.82, 2.24) is 19.1 Å². The minimum Gasteiger partial charge on any atom is -0.493 e. The number of aromatic carboxylic acids is 1. The van der Waals surface area contributed by atoms with Crippen molar-refractivity contribution in [3.05, 3.63) is 82.3 Å². The first-order chi connectivity index (χ1) is 21.0. The molecule has 0 atom stereocenters. The van der Waals surface area contributed by atoms with Crippen molar-refractivity contribution in [3.8, 4) is 16.9 Å². The number of aromatic nitrogens is 3. The zero-order valence-electron chi connectivity index (χ0n) is 24.7. The molecule has 5 aromatic rings. The minimum absolute atomic E-state index is 0.0131. The van der Waals surface area contributed by atoms with Crippen LogP contribution in [0.5, 0.6) is 5.75 Å². The zero-order valence-corrected chi connectivity index (χ0v) is 27.1. The van der Waals surface area contributed by atoms with Gasteiger partial charge in [-0.1, -0.05) is 54.1 Å². The van der Waals surface area contributed by atoms with Crippen molar-refractivity contribution in [1.29, 1.82) is 0 Å². The molecule has 3 aromatic carbocycles. The fourth-order valence-electron chi connectivity index (χ4n) is 5.55. The molecular weight excluding hydrogens is 623 g/mol. The molecule has 0 aliphatic heterocycles. The number of carboxylic acid groups (broad SMARTS) is 1. The van der Waals surface area contributed by atoms with Gasteiger partial charge in [0, 0.05) is 47.6 Å². The lowest BCUT2D eigenvalue weighted by Crippen LogP contribution is -2.29. The van der Waals surface area contributed by atoms with E-state index in [9.17, 15) is 18.3 Å². The van der Waals surface area contributed by atoms with E-state index in [0.717, 1.165) is 27.6 Å². The van der Waals surface area contributed by atoms with E-state index in [1.165, 1.54) is 11.4 Å². The number of benzene rings is 3. The van der Waals surface area contributed by atoms with Crippen molar-refractivity contribution >= 4 is 60.9 Å². The quantitative estimate of drug-likeness (QED) is 0.107. The zero-order chi connectivity index (χ0) is 31.6. The number of alkyl halides is 1. The number of carbonyl (C=O) groups is 1. The van der Waals surface area contributed by atoms with Crippen LogP contribution in [0.1, 0.15) is 40.3 Å². The summed E-state index contributed by atoms with van der Waals surface area (Å²) in [4.78, 5) is 15.5. The molecule has 0 aliphatic carbocycles. The maximum Gasteiger partial charge on any atom is 0.352 e. The lowest BCUT2D eigenvalue weighted by atomic mass is 9.98. The molecule has 0 saturated carbocycles. The second-order valence-electron chi connectivity index (χ2n) is 10.7. The highest BCUT2D eigenvalue weighted by molar-refractivity contribution is 7.89. The molecule has 2 N–H and O–H groups in total. The van der Waals surface area contributed by atoms with Gasteiger partial charge in [-0.15, -0.1) is 11.6 Å². The number of aryl methyl sites for hydroxylation is 2. The van der Waals surface area contributed by atoms with Crippen LogP contribution in [0, 0.1) is 6.92 Å². The van der Waals surface area contributed by atoms with Crippen LogP contribution < -0.4 is 4.74 Å². The first kappa shape index (κ1) is 31.8. The van der Waals surface area contributed by atoms with Gasteiger partial charge in [0.1, 0.15) is 11.4 Å². The van der Waals surface area contributed by atoms with Crippen LogP contribution >= 0.6 is 23.2 Å². The number of rotatable bonds is 13. The summed E-state index contributed by atoms with van der Waals surface area (Å²) in [6, 6.07) is 17.5. The highest BCUT2D eigenvalue weighted by Crippen LogP contribution is 2.41. The van der Waals surface area contributed by atoms with Gasteiger partial charge in [0.25, 0.3) is 0 Å². The Hall–Kier alpha value is -3.57. The Morgan fingerprint density at radius 3 is 2.57 bits per heavy atom. The second kappa shape index (κ2) is 13.2. The van der Waals surface area contributed by atoms with E-state index < -0.39 is 16.0 Å². The van der Waals surface area contributed by atoms with Crippen LogP contribution in [0.4, 0.5) is 0 Å². The Morgan fingerprint density at radius 1 is 1.07 bits per heavy atom. The van der Waals surface area contributed by atoms with Crippen LogP contribution in [0.3, 0.4) is 0 Å². The van der Waals surface area contributed by atoms with E-state index in [0.29, 0.717) is 58.8 Å². The highest BCUT2D eigenvalue weighted by atomic mass is 35.5. The highest BCUT2D eigenvalue weighted by Gasteiger charge is 2.27. The molecule has 0 unspecified atom stereocenters. The number of nitrogens with zero attached hydrogens (tertiary/aromatic N) is 3. The fraction of sp³-hybridized carbons (Fsp3) is 0.312. The van der Waals surface area contributed by atoms with E-state index >= 15 is 0 Å². The maximum absolute atomic E-state index is 12.8. The lowest BCUT2D eigenvalue weighted by molar-refractivity contribution is 0.0690. The Bertz CT molecular complexity index is 1950. The number of ether oxygens (including phenoxy) is 1. The SMILES string of the molecule is Cc1c(-c2c(Cl)ccc3c(CCCOc4cccc5ccccc45)c(C(=O)O)[nH]c23)c(CN(C)S(=O)(=O)CCCCl)nn1C. The van der Waals surface area contributed by atoms with Gasteiger partial charge in [-0.3, -0.25) is 4.68 Å². The van der Waals surface area contributed by atoms with Crippen LogP contribution in [0.2, 0.25) is 5.02 Å². The van der Waals surface area contributed by atoms with E-state index in [1.54, 1.807) is 17.8 Å². The third kappa shape index (κ3) is 6.30. The molecule has 9 nitrogen and oxygen atoms in total. The molecule has 0 amide bonds. The van der Waals surface area contributed by atoms with Crippen molar-refractivity contribution in [2.75, 3.05) is 25.3 Å². The largest absolute Gasteiger partial charge is 0.493 e. The summed E-state index contributed by atoms with van der Waals surface area (Å²) >= 11 is 12.5. The molecule has 0 aliphatic rings. The van der Waals surface area contributed by atoms with Crippen molar-refractivity contribution in [2.45, 2.75) is 32.7 Å². The number of carboxylic acids is 1. The van der Waals surface area contributed by atoms with Gasteiger partial charge in [0.05, 0.1) is 35.1 Å². The summed E-state index contributed by atoms with van der Waals surface area (Å²) in [6.07, 6.45) is 1.37. The number of nitrogens with one attached hydrogen (secondary N) is 1. The average Bonchev–Trinajstić information content (AvgIpc) is 3.50. The molecule has 0 fully saturated rings. The summed E-state index contributed by atoms with van der Waals surface area (Å²) in [6.45, 7) is 2.28. The molecule has 2 heterocycles. The molecule has 5 rings (SSSR count). The molecule has 0 radical (unpaired) electrons. The number of aromatic amines is 1. The second-order valence-corrected chi connectivity index (χ2v) is 13.7.